The molecule has 0 spiro atoms. The predicted octanol–water partition coefficient (Wildman–Crippen LogP) is 3.63. The third-order valence-electron chi connectivity index (χ3n) is 4.86. The summed E-state index contributed by atoms with van der Waals surface area (Å²) in [4.78, 5) is 21.1. The van der Waals surface area contributed by atoms with Crippen LogP contribution in [0.2, 0.25) is 0 Å². The van der Waals surface area contributed by atoms with Gasteiger partial charge in [0.2, 0.25) is 11.1 Å². The van der Waals surface area contributed by atoms with Crippen LogP contribution < -0.4 is 14.8 Å². The van der Waals surface area contributed by atoms with Crippen molar-refractivity contribution in [3.8, 4) is 22.9 Å². The van der Waals surface area contributed by atoms with Crippen molar-refractivity contribution in [3.05, 3.63) is 48.3 Å². The second-order valence-corrected chi connectivity index (χ2v) is 8.48. The van der Waals surface area contributed by atoms with Crippen LogP contribution in [0.3, 0.4) is 0 Å². The summed E-state index contributed by atoms with van der Waals surface area (Å²) in [5.41, 5.74) is 1.89. The summed E-state index contributed by atoms with van der Waals surface area (Å²) >= 11 is 1.29. The van der Waals surface area contributed by atoms with Gasteiger partial charge < -0.3 is 14.8 Å². The minimum absolute atomic E-state index is 0.0777. The number of carbonyl (C=O) groups excluding carboxylic acids is 1. The van der Waals surface area contributed by atoms with E-state index in [1.807, 2.05) is 30.3 Å². The quantitative estimate of drug-likeness (QED) is 0.542. The van der Waals surface area contributed by atoms with E-state index in [0.717, 1.165) is 29.0 Å². The number of pyridine rings is 1. The summed E-state index contributed by atoms with van der Waals surface area (Å²) < 4.78 is 11.5. The summed E-state index contributed by atoms with van der Waals surface area (Å²) in [5.74, 6) is 2.49. The molecule has 162 valence electrons. The first kappa shape index (κ1) is 21.2. The zero-order valence-corrected chi connectivity index (χ0v) is 18.3. The third kappa shape index (κ3) is 5.35. The van der Waals surface area contributed by atoms with E-state index >= 15 is 0 Å². The number of benzene rings is 1. The lowest BCUT2D eigenvalue weighted by molar-refractivity contribution is -0.119. The molecule has 0 saturated carbocycles. The van der Waals surface area contributed by atoms with E-state index in [-0.39, 0.29) is 23.6 Å². The third-order valence-corrected chi connectivity index (χ3v) is 5.71. The van der Waals surface area contributed by atoms with Crippen LogP contribution in [0, 0.1) is 5.92 Å². The van der Waals surface area contributed by atoms with E-state index in [0.29, 0.717) is 24.2 Å². The van der Waals surface area contributed by atoms with Crippen LogP contribution in [0.15, 0.2) is 47.9 Å². The molecular weight excluding hydrogens is 414 g/mol. The second-order valence-electron chi connectivity index (χ2n) is 7.54. The maximum Gasteiger partial charge on any atom is 0.230 e. The Morgan fingerprint density at radius 1 is 1.16 bits per heavy atom. The lowest BCUT2D eigenvalue weighted by atomic mass is 9.95. The Morgan fingerprint density at radius 3 is 2.71 bits per heavy atom. The number of aromatic amines is 1. The van der Waals surface area contributed by atoms with Crippen molar-refractivity contribution < 1.29 is 14.3 Å². The number of nitrogens with zero attached hydrogens (tertiary/aromatic N) is 3. The highest BCUT2D eigenvalue weighted by Crippen LogP contribution is 2.34. The smallest absolute Gasteiger partial charge is 0.230 e. The van der Waals surface area contributed by atoms with E-state index in [2.05, 4.69) is 39.3 Å². The first-order valence-electron chi connectivity index (χ1n) is 10.2. The maximum absolute atomic E-state index is 12.7. The summed E-state index contributed by atoms with van der Waals surface area (Å²) in [6, 6.07) is 9.44. The van der Waals surface area contributed by atoms with Gasteiger partial charge in [-0.05, 0) is 35.7 Å². The summed E-state index contributed by atoms with van der Waals surface area (Å²) in [6.07, 6.45) is 4.25. The number of hydrogen-bond acceptors (Lipinski definition) is 7. The number of H-pyrrole nitrogens is 1. The normalized spacial score (nSPS) is 14.2. The molecule has 2 N–H and O–H groups in total. The first-order chi connectivity index (χ1) is 15.1. The SMILES string of the molecule is CC(C)C(NC(=O)CSc1n[nH]c(-c2ccncc2)n1)c1ccc2c(c1)OCCCO2. The van der Waals surface area contributed by atoms with Gasteiger partial charge in [0.1, 0.15) is 0 Å². The van der Waals surface area contributed by atoms with Crippen molar-refractivity contribution in [2.75, 3.05) is 19.0 Å². The molecule has 3 aromatic rings. The molecule has 4 rings (SSSR count). The summed E-state index contributed by atoms with van der Waals surface area (Å²) in [7, 11) is 0. The topological polar surface area (TPSA) is 102 Å². The molecule has 1 unspecified atom stereocenters. The zero-order chi connectivity index (χ0) is 21.6. The average molecular weight is 440 g/mol. The van der Waals surface area contributed by atoms with Gasteiger partial charge >= 0.3 is 0 Å². The van der Waals surface area contributed by atoms with Gasteiger partial charge in [-0.25, -0.2) is 4.98 Å². The number of rotatable bonds is 7. The van der Waals surface area contributed by atoms with Crippen molar-refractivity contribution in [2.45, 2.75) is 31.5 Å². The number of aromatic nitrogens is 4. The molecule has 3 heterocycles. The lowest BCUT2D eigenvalue weighted by Gasteiger charge is -2.23. The van der Waals surface area contributed by atoms with Crippen LogP contribution in [0.25, 0.3) is 11.4 Å². The average Bonchev–Trinajstić information content (AvgIpc) is 3.14. The number of thioether (sulfide) groups is 1. The van der Waals surface area contributed by atoms with Crippen LogP contribution >= 0.6 is 11.8 Å². The highest BCUT2D eigenvalue weighted by Gasteiger charge is 2.21. The van der Waals surface area contributed by atoms with E-state index in [9.17, 15) is 4.79 Å². The standard InChI is InChI=1S/C22H25N5O3S/c1-14(2)20(16-4-5-17-18(12-16)30-11-3-10-29-17)24-19(28)13-31-22-25-21(26-27-22)15-6-8-23-9-7-15/h4-9,12,14,20H,3,10-11,13H2,1-2H3,(H,24,28)(H,25,26,27). The van der Waals surface area contributed by atoms with Gasteiger partial charge in [-0.2, -0.15) is 0 Å². The van der Waals surface area contributed by atoms with Crippen LogP contribution in [0.1, 0.15) is 31.9 Å². The molecule has 0 radical (unpaired) electrons. The summed E-state index contributed by atoms with van der Waals surface area (Å²) in [5, 5.41) is 10.7. The van der Waals surface area contributed by atoms with Gasteiger partial charge in [0.15, 0.2) is 17.3 Å². The van der Waals surface area contributed by atoms with E-state index in [1.54, 1.807) is 12.4 Å². The Morgan fingerprint density at radius 2 is 1.94 bits per heavy atom. The Bertz CT molecular complexity index is 1020. The van der Waals surface area contributed by atoms with E-state index in [4.69, 9.17) is 9.47 Å². The van der Waals surface area contributed by atoms with Crippen LogP contribution in [-0.4, -0.2) is 45.0 Å². The van der Waals surface area contributed by atoms with E-state index < -0.39 is 0 Å². The van der Waals surface area contributed by atoms with Crippen LogP contribution in [0.5, 0.6) is 11.5 Å². The number of ether oxygens (including phenoxy) is 2. The molecule has 2 aromatic heterocycles. The van der Waals surface area contributed by atoms with Gasteiger partial charge in [-0.3, -0.25) is 14.9 Å². The molecule has 8 nitrogen and oxygen atoms in total. The highest BCUT2D eigenvalue weighted by molar-refractivity contribution is 7.99. The monoisotopic (exact) mass is 439 g/mol. The molecule has 1 aromatic carbocycles. The minimum atomic E-state index is -0.134. The van der Waals surface area contributed by atoms with Crippen molar-refractivity contribution in [3.63, 3.8) is 0 Å². The number of fused-ring (bicyclic) bond motifs is 1. The van der Waals surface area contributed by atoms with E-state index in [1.165, 1.54) is 11.8 Å². The van der Waals surface area contributed by atoms with Gasteiger partial charge in [-0.15, -0.1) is 5.10 Å². The first-order valence-corrected chi connectivity index (χ1v) is 11.2. The molecule has 0 saturated heterocycles. The minimum Gasteiger partial charge on any atom is -0.490 e. The van der Waals surface area contributed by atoms with Crippen molar-refractivity contribution in [1.82, 2.24) is 25.5 Å². The van der Waals surface area contributed by atoms with Crippen molar-refractivity contribution in [2.24, 2.45) is 5.92 Å². The van der Waals surface area contributed by atoms with Gasteiger partial charge in [0.25, 0.3) is 0 Å². The molecule has 1 atom stereocenters. The van der Waals surface area contributed by atoms with Gasteiger partial charge in [0.05, 0.1) is 25.0 Å². The zero-order valence-electron chi connectivity index (χ0n) is 17.5. The summed E-state index contributed by atoms with van der Waals surface area (Å²) in [6.45, 7) is 5.44. The Kier molecular flexibility index (Phi) is 6.71. The maximum atomic E-state index is 12.7. The van der Waals surface area contributed by atoms with Crippen molar-refractivity contribution in [1.29, 1.82) is 0 Å². The number of hydrogen-bond donors (Lipinski definition) is 2. The Hall–Kier alpha value is -3.07. The van der Waals surface area contributed by atoms with Gasteiger partial charge in [0, 0.05) is 24.4 Å². The fourth-order valence-electron chi connectivity index (χ4n) is 3.30. The van der Waals surface area contributed by atoms with Gasteiger partial charge in [-0.1, -0.05) is 31.7 Å². The second kappa shape index (κ2) is 9.82. The predicted molar refractivity (Wildman–Crippen MR) is 118 cm³/mol. The highest BCUT2D eigenvalue weighted by atomic mass is 32.2. The number of nitrogens with one attached hydrogen (secondary N) is 2. The van der Waals surface area contributed by atoms with Crippen molar-refractivity contribution >= 4 is 17.7 Å². The Balaban J connectivity index is 1.38. The molecule has 0 aliphatic carbocycles. The fourth-order valence-corrected chi connectivity index (χ4v) is 3.91. The molecule has 1 aliphatic heterocycles. The van der Waals surface area contributed by atoms with Crippen LogP contribution in [-0.2, 0) is 4.79 Å². The molecule has 0 fully saturated rings. The Labute approximate surface area is 185 Å². The molecular formula is C22H25N5O3S. The number of amides is 1. The van der Waals surface area contributed by atoms with Crippen LogP contribution in [0.4, 0.5) is 0 Å². The molecule has 9 heteroatoms. The molecule has 1 amide bonds. The molecule has 1 aliphatic rings. The fraction of sp³-hybridized carbons (Fsp3) is 0.364. The number of carbonyl (C=O) groups is 1. The molecule has 31 heavy (non-hydrogen) atoms. The molecule has 0 bridgehead atoms. The lowest BCUT2D eigenvalue weighted by Crippen LogP contribution is -2.33. The largest absolute Gasteiger partial charge is 0.490 e.